The Morgan fingerprint density at radius 3 is 2.55 bits per heavy atom. The highest BCUT2D eigenvalue weighted by molar-refractivity contribution is 6.01. The highest BCUT2D eigenvalue weighted by Crippen LogP contribution is 2.19. The number of esters is 1. The Balaban J connectivity index is 2.83. The van der Waals surface area contributed by atoms with E-state index in [1.165, 1.54) is 12.1 Å². The molecule has 0 spiro atoms. The molecular formula is C13H15FN2O6. The van der Waals surface area contributed by atoms with Crippen LogP contribution in [0.15, 0.2) is 18.2 Å². The van der Waals surface area contributed by atoms with Gasteiger partial charge in [-0.05, 0) is 19.1 Å². The van der Waals surface area contributed by atoms with Gasteiger partial charge in [-0.2, -0.15) is 0 Å². The SMILES string of the molecule is COC(=O)c1c(F)cccc1NC(=O)NCC(C)(O)C(=O)O. The summed E-state index contributed by atoms with van der Waals surface area (Å²) in [5, 5.41) is 22.4. The molecule has 8 nitrogen and oxygen atoms in total. The van der Waals surface area contributed by atoms with E-state index in [0.29, 0.717) is 0 Å². The Morgan fingerprint density at radius 2 is 2.00 bits per heavy atom. The van der Waals surface area contributed by atoms with Crippen LogP contribution in [-0.2, 0) is 9.53 Å². The van der Waals surface area contributed by atoms with E-state index >= 15 is 0 Å². The van der Waals surface area contributed by atoms with Gasteiger partial charge in [-0.25, -0.2) is 18.8 Å². The molecule has 0 bridgehead atoms. The maximum absolute atomic E-state index is 13.6. The largest absolute Gasteiger partial charge is 0.479 e. The molecule has 0 saturated heterocycles. The lowest BCUT2D eigenvalue weighted by Gasteiger charge is -2.18. The minimum atomic E-state index is -2.16. The van der Waals surface area contributed by atoms with Crippen LogP contribution in [0.1, 0.15) is 17.3 Å². The van der Waals surface area contributed by atoms with Gasteiger partial charge in [0.15, 0.2) is 5.60 Å². The number of benzene rings is 1. The lowest BCUT2D eigenvalue weighted by atomic mass is 10.1. The Hall–Kier alpha value is -2.68. The number of aliphatic carboxylic acids is 1. The van der Waals surface area contributed by atoms with E-state index in [1.54, 1.807) is 0 Å². The normalized spacial score (nSPS) is 12.9. The van der Waals surface area contributed by atoms with Gasteiger partial charge in [0, 0.05) is 0 Å². The number of hydrogen-bond donors (Lipinski definition) is 4. The second-order valence-electron chi connectivity index (χ2n) is 4.54. The first-order chi connectivity index (χ1) is 10.2. The molecule has 0 aliphatic carbocycles. The average molecular weight is 314 g/mol. The molecule has 0 saturated carbocycles. The van der Waals surface area contributed by atoms with Crippen molar-refractivity contribution in [2.24, 2.45) is 0 Å². The first kappa shape index (κ1) is 17.4. The van der Waals surface area contributed by atoms with Crippen molar-refractivity contribution < 1.29 is 33.7 Å². The lowest BCUT2D eigenvalue weighted by molar-refractivity contribution is -0.155. The van der Waals surface area contributed by atoms with Gasteiger partial charge >= 0.3 is 18.0 Å². The number of hydrogen-bond acceptors (Lipinski definition) is 5. The van der Waals surface area contributed by atoms with Crippen molar-refractivity contribution in [3.63, 3.8) is 0 Å². The molecule has 0 heterocycles. The zero-order valence-corrected chi connectivity index (χ0v) is 11.8. The minimum Gasteiger partial charge on any atom is -0.479 e. The Bertz CT molecular complexity index is 602. The van der Waals surface area contributed by atoms with Gasteiger partial charge in [0.05, 0.1) is 19.3 Å². The highest BCUT2D eigenvalue weighted by atomic mass is 19.1. The third kappa shape index (κ3) is 4.16. The topological polar surface area (TPSA) is 125 Å². The molecule has 1 rings (SSSR count). The number of rotatable bonds is 5. The first-order valence-electron chi connectivity index (χ1n) is 6.06. The van der Waals surface area contributed by atoms with Crippen molar-refractivity contribution in [2.75, 3.05) is 19.0 Å². The fraction of sp³-hybridized carbons (Fsp3) is 0.308. The van der Waals surface area contributed by atoms with E-state index in [0.717, 1.165) is 20.1 Å². The molecule has 120 valence electrons. The Kier molecular flexibility index (Phi) is 5.41. The molecule has 1 aromatic rings. The zero-order valence-electron chi connectivity index (χ0n) is 11.8. The third-order valence-corrected chi connectivity index (χ3v) is 2.71. The molecule has 0 aliphatic heterocycles. The number of carbonyl (C=O) groups is 3. The number of ether oxygens (including phenoxy) is 1. The Labute approximate surface area is 124 Å². The number of halogens is 1. The van der Waals surface area contributed by atoms with Crippen LogP contribution in [0.5, 0.6) is 0 Å². The Morgan fingerprint density at radius 1 is 1.36 bits per heavy atom. The molecule has 1 aromatic carbocycles. The predicted molar refractivity (Wildman–Crippen MR) is 73.0 cm³/mol. The molecular weight excluding hydrogens is 299 g/mol. The summed E-state index contributed by atoms with van der Waals surface area (Å²) in [4.78, 5) is 33.8. The molecule has 4 N–H and O–H groups in total. The highest BCUT2D eigenvalue weighted by Gasteiger charge is 2.30. The van der Waals surface area contributed by atoms with Crippen LogP contribution in [0.3, 0.4) is 0 Å². The molecule has 9 heteroatoms. The van der Waals surface area contributed by atoms with Gasteiger partial charge in [0.1, 0.15) is 11.4 Å². The second kappa shape index (κ2) is 6.85. The van der Waals surface area contributed by atoms with Crippen molar-refractivity contribution in [2.45, 2.75) is 12.5 Å². The number of carbonyl (C=O) groups excluding carboxylic acids is 2. The van der Waals surface area contributed by atoms with Crippen LogP contribution in [0.2, 0.25) is 0 Å². The number of aliphatic hydroxyl groups is 1. The second-order valence-corrected chi connectivity index (χ2v) is 4.54. The summed E-state index contributed by atoms with van der Waals surface area (Å²) in [7, 11) is 1.06. The lowest BCUT2D eigenvalue weighted by Crippen LogP contribution is -2.47. The molecule has 1 unspecified atom stereocenters. The van der Waals surface area contributed by atoms with Crippen molar-refractivity contribution in [3.8, 4) is 0 Å². The number of carboxylic acid groups (broad SMARTS) is 1. The van der Waals surface area contributed by atoms with Gasteiger partial charge in [-0.1, -0.05) is 6.07 Å². The number of amides is 2. The van der Waals surface area contributed by atoms with Crippen LogP contribution < -0.4 is 10.6 Å². The van der Waals surface area contributed by atoms with Crippen LogP contribution in [0.4, 0.5) is 14.9 Å². The summed E-state index contributed by atoms with van der Waals surface area (Å²) in [5.41, 5.74) is -2.78. The van der Waals surface area contributed by atoms with Crippen molar-refractivity contribution in [1.82, 2.24) is 5.32 Å². The number of urea groups is 1. The van der Waals surface area contributed by atoms with E-state index in [-0.39, 0.29) is 5.69 Å². The van der Waals surface area contributed by atoms with E-state index < -0.39 is 41.5 Å². The average Bonchev–Trinajstić information content (AvgIpc) is 2.44. The molecule has 0 fully saturated rings. The maximum atomic E-state index is 13.6. The number of carboxylic acids is 1. The molecule has 0 radical (unpaired) electrons. The van der Waals surface area contributed by atoms with E-state index in [4.69, 9.17) is 5.11 Å². The molecule has 2 amide bonds. The van der Waals surface area contributed by atoms with Gasteiger partial charge in [0.2, 0.25) is 0 Å². The number of nitrogens with one attached hydrogen (secondary N) is 2. The molecule has 0 aliphatic rings. The van der Waals surface area contributed by atoms with Crippen LogP contribution in [-0.4, -0.2) is 47.4 Å². The van der Waals surface area contributed by atoms with Crippen molar-refractivity contribution in [1.29, 1.82) is 0 Å². The molecule has 0 aromatic heterocycles. The summed E-state index contributed by atoms with van der Waals surface area (Å²) in [6, 6.07) is 2.64. The van der Waals surface area contributed by atoms with E-state index in [9.17, 15) is 23.9 Å². The van der Waals surface area contributed by atoms with Gasteiger partial charge in [-0.15, -0.1) is 0 Å². The summed E-state index contributed by atoms with van der Waals surface area (Å²) in [6.45, 7) is 0.411. The van der Waals surface area contributed by atoms with Crippen LogP contribution in [0, 0.1) is 5.82 Å². The van der Waals surface area contributed by atoms with E-state index in [2.05, 4.69) is 15.4 Å². The van der Waals surface area contributed by atoms with Gasteiger partial charge in [-0.3, -0.25) is 0 Å². The predicted octanol–water partition coefficient (Wildman–Crippen LogP) is 0.569. The summed E-state index contributed by atoms with van der Waals surface area (Å²) < 4.78 is 18.0. The molecule has 22 heavy (non-hydrogen) atoms. The van der Waals surface area contributed by atoms with Crippen LogP contribution in [0.25, 0.3) is 0 Å². The van der Waals surface area contributed by atoms with E-state index in [1.807, 2.05) is 0 Å². The summed E-state index contributed by atoms with van der Waals surface area (Å²) in [5.74, 6) is -3.39. The maximum Gasteiger partial charge on any atom is 0.342 e. The smallest absolute Gasteiger partial charge is 0.342 e. The summed E-state index contributed by atoms with van der Waals surface area (Å²) >= 11 is 0. The fourth-order valence-electron chi connectivity index (χ4n) is 1.43. The van der Waals surface area contributed by atoms with Crippen LogP contribution >= 0.6 is 0 Å². The standard InChI is InChI=1S/C13H15FN2O6/c1-13(21,11(18)19)6-15-12(20)16-8-5-3-4-7(14)9(8)10(17)22-2/h3-5,21H,6H2,1-2H3,(H,18,19)(H2,15,16,20). The zero-order chi connectivity index (χ0) is 16.9. The third-order valence-electron chi connectivity index (χ3n) is 2.71. The minimum absolute atomic E-state index is 0.153. The fourth-order valence-corrected chi connectivity index (χ4v) is 1.43. The van der Waals surface area contributed by atoms with Crippen molar-refractivity contribution in [3.05, 3.63) is 29.6 Å². The molecule has 1 atom stereocenters. The first-order valence-corrected chi connectivity index (χ1v) is 6.06. The van der Waals surface area contributed by atoms with Gasteiger partial charge < -0.3 is 25.6 Å². The van der Waals surface area contributed by atoms with Gasteiger partial charge in [0.25, 0.3) is 0 Å². The summed E-state index contributed by atoms with van der Waals surface area (Å²) in [6.07, 6.45) is 0. The van der Waals surface area contributed by atoms with Crippen molar-refractivity contribution >= 4 is 23.7 Å². The monoisotopic (exact) mass is 314 g/mol. The number of methoxy groups -OCH3 is 1. The number of anilines is 1. The quantitative estimate of drug-likeness (QED) is 0.589.